The van der Waals surface area contributed by atoms with Gasteiger partial charge in [0.2, 0.25) is 0 Å². The molecule has 0 atom stereocenters. The van der Waals surface area contributed by atoms with Crippen LogP contribution in [0.15, 0.2) is 22.8 Å². The van der Waals surface area contributed by atoms with Gasteiger partial charge in [0.05, 0.1) is 31.4 Å². The quantitative estimate of drug-likeness (QED) is 0.610. The highest BCUT2D eigenvalue weighted by atomic mass is 31.2. The van der Waals surface area contributed by atoms with E-state index < -0.39 is 13.6 Å². The van der Waals surface area contributed by atoms with Gasteiger partial charge in [-0.3, -0.25) is 4.57 Å². The van der Waals surface area contributed by atoms with E-state index in [1.54, 1.807) is 20.8 Å². The minimum absolute atomic E-state index is 0.0326. The first kappa shape index (κ1) is 17.5. The number of benzene rings is 1. The zero-order valence-electron chi connectivity index (χ0n) is 13.2. The maximum absolute atomic E-state index is 13.1. The van der Waals surface area contributed by atoms with E-state index >= 15 is 0 Å². The van der Waals surface area contributed by atoms with E-state index in [1.807, 2.05) is 0 Å². The molecule has 0 spiro atoms. The number of carbonyl (C=O) groups is 1. The summed E-state index contributed by atoms with van der Waals surface area (Å²) in [4.78, 5) is 12.0. The topological polar surface area (TPSA) is 95.2 Å². The number of hydrogen-bond donors (Lipinski definition) is 1. The highest BCUT2D eigenvalue weighted by molar-refractivity contribution is 7.62. The first-order valence-corrected chi connectivity index (χ1v) is 8.82. The van der Waals surface area contributed by atoms with E-state index in [-0.39, 0.29) is 42.0 Å². The Kier molecular flexibility index (Phi) is 5.46. The second kappa shape index (κ2) is 7.17. The number of fused-ring (bicyclic) bond motifs is 1. The molecule has 0 fully saturated rings. The molecule has 0 saturated carbocycles. The maximum Gasteiger partial charge on any atom is 0.362 e. The van der Waals surface area contributed by atoms with Crippen LogP contribution in [-0.4, -0.2) is 30.9 Å². The third-order valence-electron chi connectivity index (χ3n) is 3.08. The molecule has 1 N–H and O–H groups in total. The summed E-state index contributed by atoms with van der Waals surface area (Å²) in [6, 6.07) is 2.81. The van der Waals surface area contributed by atoms with E-state index in [2.05, 4.69) is 0 Å². The first-order valence-electron chi connectivity index (χ1n) is 7.28. The molecule has 0 aliphatic rings. The fraction of sp³-hybridized carbons (Fsp3) is 0.400. The summed E-state index contributed by atoms with van der Waals surface area (Å²) >= 11 is 0. The van der Waals surface area contributed by atoms with Crippen LogP contribution in [0.3, 0.4) is 0 Å². The number of esters is 1. The normalized spacial score (nSPS) is 11.8. The Morgan fingerprint density at radius 1 is 1.22 bits per heavy atom. The van der Waals surface area contributed by atoms with Gasteiger partial charge in [0.25, 0.3) is 0 Å². The Balaban J connectivity index is 2.71. The average Bonchev–Trinajstić information content (AvgIpc) is 2.98. The highest BCUT2D eigenvalue weighted by Crippen LogP contribution is 2.50. The van der Waals surface area contributed by atoms with Crippen LogP contribution in [0.2, 0.25) is 0 Å². The molecule has 1 aromatic carbocycles. The molecule has 23 heavy (non-hydrogen) atoms. The number of phenols is 1. The van der Waals surface area contributed by atoms with Gasteiger partial charge in [-0.25, -0.2) is 4.79 Å². The molecule has 0 amide bonds. The zero-order chi connectivity index (χ0) is 17.0. The smallest absolute Gasteiger partial charge is 0.362 e. The summed E-state index contributed by atoms with van der Waals surface area (Å²) < 4.78 is 33.8. The minimum Gasteiger partial charge on any atom is -0.504 e. The molecule has 0 saturated heterocycles. The molecule has 0 aliphatic heterocycles. The van der Waals surface area contributed by atoms with Crippen molar-refractivity contribution in [3.05, 3.63) is 24.0 Å². The first-order chi connectivity index (χ1) is 11.0. The van der Waals surface area contributed by atoms with Gasteiger partial charge in [-0.2, -0.15) is 0 Å². The third kappa shape index (κ3) is 3.27. The van der Waals surface area contributed by atoms with Crippen molar-refractivity contribution in [2.45, 2.75) is 20.8 Å². The van der Waals surface area contributed by atoms with Gasteiger partial charge in [0.15, 0.2) is 11.3 Å². The van der Waals surface area contributed by atoms with Gasteiger partial charge in [-0.1, -0.05) is 0 Å². The number of aromatic hydroxyl groups is 1. The second-order valence-electron chi connectivity index (χ2n) is 4.51. The van der Waals surface area contributed by atoms with E-state index in [9.17, 15) is 14.5 Å². The average molecular weight is 342 g/mol. The van der Waals surface area contributed by atoms with E-state index in [0.717, 1.165) is 0 Å². The van der Waals surface area contributed by atoms with E-state index in [0.29, 0.717) is 5.39 Å². The maximum atomic E-state index is 13.1. The van der Waals surface area contributed by atoms with Crippen LogP contribution in [0.25, 0.3) is 11.0 Å². The lowest BCUT2D eigenvalue weighted by atomic mass is 10.1. The van der Waals surface area contributed by atoms with Crippen molar-refractivity contribution in [3.63, 3.8) is 0 Å². The van der Waals surface area contributed by atoms with Gasteiger partial charge in [0, 0.05) is 5.39 Å². The van der Waals surface area contributed by atoms with Crippen LogP contribution in [0.1, 0.15) is 31.1 Å². The van der Waals surface area contributed by atoms with Crippen molar-refractivity contribution >= 4 is 29.8 Å². The van der Waals surface area contributed by atoms with Gasteiger partial charge in [-0.05, 0) is 32.9 Å². The van der Waals surface area contributed by atoms with Crippen molar-refractivity contribution < 1.29 is 32.7 Å². The summed E-state index contributed by atoms with van der Waals surface area (Å²) in [5.41, 5.74) is -0.117. The molecule has 2 aromatic rings. The summed E-state index contributed by atoms with van der Waals surface area (Å²) in [6.45, 7) is 5.47. The monoisotopic (exact) mass is 342 g/mol. The lowest BCUT2D eigenvalue weighted by Crippen LogP contribution is -2.15. The molecule has 8 heteroatoms. The van der Waals surface area contributed by atoms with Crippen LogP contribution in [0, 0.1) is 0 Å². The molecule has 0 aliphatic carbocycles. The summed E-state index contributed by atoms with van der Waals surface area (Å²) in [5, 5.41) is 10.7. The second-order valence-corrected chi connectivity index (χ2v) is 6.50. The third-order valence-corrected chi connectivity index (χ3v) is 5.24. The number of ether oxygens (including phenoxy) is 1. The van der Waals surface area contributed by atoms with Crippen LogP contribution >= 0.6 is 7.60 Å². The fourth-order valence-electron chi connectivity index (χ4n) is 2.21. The largest absolute Gasteiger partial charge is 0.504 e. The summed E-state index contributed by atoms with van der Waals surface area (Å²) in [7, 11) is -3.67. The van der Waals surface area contributed by atoms with Gasteiger partial charge in [0.1, 0.15) is 5.56 Å². The number of furan rings is 1. The van der Waals surface area contributed by atoms with Crippen molar-refractivity contribution in [2.75, 3.05) is 19.8 Å². The Bertz CT molecular complexity index is 740. The molecule has 0 bridgehead atoms. The van der Waals surface area contributed by atoms with Crippen molar-refractivity contribution in [1.82, 2.24) is 0 Å². The molecule has 1 heterocycles. The summed E-state index contributed by atoms with van der Waals surface area (Å²) in [5.74, 6) is -1.11. The van der Waals surface area contributed by atoms with Crippen molar-refractivity contribution in [1.29, 1.82) is 0 Å². The molecule has 7 nitrogen and oxygen atoms in total. The Labute approximate surface area is 133 Å². The molecular formula is C15H19O7P. The molecular weight excluding hydrogens is 323 g/mol. The minimum atomic E-state index is -3.67. The number of phenolic OH excluding ortho intramolecular Hbond substituents is 1. The summed E-state index contributed by atoms with van der Waals surface area (Å²) in [6.07, 6.45) is 1.32. The van der Waals surface area contributed by atoms with Gasteiger partial charge >= 0.3 is 13.6 Å². The van der Waals surface area contributed by atoms with Crippen LogP contribution in [0.4, 0.5) is 0 Å². The highest BCUT2D eigenvalue weighted by Gasteiger charge is 2.33. The van der Waals surface area contributed by atoms with Crippen LogP contribution in [-0.2, 0) is 18.3 Å². The number of carbonyl (C=O) groups excluding carboxylic acids is 1. The predicted molar refractivity (Wildman–Crippen MR) is 84.3 cm³/mol. The Morgan fingerprint density at radius 3 is 2.43 bits per heavy atom. The van der Waals surface area contributed by atoms with Crippen LogP contribution in [0.5, 0.6) is 5.75 Å². The number of hydrogen-bond acceptors (Lipinski definition) is 7. The molecule has 0 radical (unpaired) electrons. The van der Waals surface area contributed by atoms with E-state index in [1.165, 1.54) is 18.4 Å². The Hall–Kier alpha value is -1.82. The van der Waals surface area contributed by atoms with Gasteiger partial charge < -0.3 is 23.3 Å². The zero-order valence-corrected chi connectivity index (χ0v) is 14.1. The van der Waals surface area contributed by atoms with Crippen molar-refractivity contribution in [2.24, 2.45) is 0 Å². The fourth-order valence-corrected chi connectivity index (χ4v) is 4.00. The molecule has 126 valence electrons. The lowest BCUT2D eigenvalue weighted by Gasteiger charge is -2.19. The van der Waals surface area contributed by atoms with Crippen molar-refractivity contribution in [3.8, 4) is 5.75 Å². The SMILES string of the molecule is CCOC(=O)c1cc(P(=O)(OCC)OCC)c2ccoc2c1O. The predicted octanol–water partition coefficient (Wildman–Crippen LogP) is 3.21. The van der Waals surface area contributed by atoms with Crippen LogP contribution < -0.4 is 5.30 Å². The van der Waals surface area contributed by atoms with Gasteiger partial charge in [-0.15, -0.1) is 0 Å². The molecule has 2 rings (SSSR count). The number of rotatable bonds is 7. The molecule has 1 aromatic heterocycles. The molecule has 0 unspecified atom stereocenters. The standard InChI is InChI=1S/C15H19O7P/c1-4-19-15(17)11-9-12(23(18,21-5-2)22-6-3)10-7-8-20-14(10)13(11)16/h7-9,16H,4-6H2,1-3H3. The van der Waals surface area contributed by atoms with E-state index in [4.69, 9.17) is 18.2 Å². The Morgan fingerprint density at radius 2 is 1.87 bits per heavy atom. The lowest BCUT2D eigenvalue weighted by molar-refractivity contribution is 0.0523.